The second-order valence-electron chi connectivity index (χ2n) is 14.1. The van der Waals surface area contributed by atoms with Crippen molar-refractivity contribution in [1.82, 2.24) is 14.7 Å². The number of carbonyl (C=O) groups excluding carboxylic acids is 4. The summed E-state index contributed by atoms with van der Waals surface area (Å²) in [5.41, 5.74) is 11.6. The number of anilines is 1. The lowest BCUT2D eigenvalue weighted by Crippen LogP contribution is -2.50. The minimum atomic E-state index is -4.68. The molecule has 1 saturated heterocycles. The van der Waals surface area contributed by atoms with Gasteiger partial charge in [0, 0.05) is 6.20 Å². The first kappa shape index (κ1) is 43.7. The van der Waals surface area contributed by atoms with Gasteiger partial charge in [-0.2, -0.15) is 15.4 Å². The van der Waals surface area contributed by atoms with Crippen molar-refractivity contribution in [2.45, 2.75) is 97.0 Å². The molecule has 3 aromatic rings. The Morgan fingerprint density at radius 3 is 2.20 bits per heavy atom. The molecular formula is C37H49N6O12P. The predicted octanol–water partition coefficient (Wildman–Crippen LogP) is 3.56. The quantitative estimate of drug-likeness (QED) is 0.100. The van der Waals surface area contributed by atoms with Crippen LogP contribution in [0.2, 0.25) is 0 Å². The summed E-state index contributed by atoms with van der Waals surface area (Å²) in [6, 6.07) is 10.7. The summed E-state index contributed by atoms with van der Waals surface area (Å²) in [6.45, 7) is 10.2. The lowest BCUT2D eigenvalue weighted by Gasteiger charge is -2.31. The van der Waals surface area contributed by atoms with E-state index in [2.05, 4.69) is 10.2 Å². The summed E-state index contributed by atoms with van der Waals surface area (Å²) in [5, 5.41) is 17.7. The molecule has 2 aromatic heterocycles. The Labute approximate surface area is 324 Å². The molecule has 1 aromatic carbocycles. The van der Waals surface area contributed by atoms with E-state index in [0.717, 1.165) is 7.11 Å². The largest absolute Gasteiger partial charge is 0.468 e. The maximum absolute atomic E-state index is 14.6. The van der Waals surface area contributed by atoms with Gasteiger partial charge < -0.3 is 39.7 Å². The SMILES string of the molecule is COC(=O)[C@H](C)N[P@](=O)(OC[C@@]1(C#N)O[C@@H](c2ccc3c(N)ccnn23)[C@H](OC(=O)C(C)C)[C@@H]1OC(=O)C(C)C)Oc1ccc(C[C@H](N)C(=O)OC(C)C)cc1. The standard InChI is InChI=1S/C37H49N6O12P/c1-20(2)33(44)52-31-30(29-14-13-28-26(39)15-16-41-43(28)29)54-37(18-38,32(31)53-34(45)21(3)4)19-50-56(48,42-23(7)35(46)49-8)55-25-11-9-24(10-12-25)17-27(40)36(47)51-22(5)6/h9-16,20-23,27,30-32H,17,19,39-40H2,1-8H3,(H,42,48)/t23-,27-,30-,31-,32-,37+,56-/m0/s1. The second kappa shape index (κ2) is 18.3. The number of fused-ring (bicyclic) bond motifs is 1. The van der Waals surface area contributed by atoms with Crippen LogP contribution >= 0.6 is 7.75 Å². The van der Waals surface area contributed by atoms with Gasteiger partial charge in [-0.1, -0.05) is 39.8 Å². The van der Waals surface area contributed by atoms with Crippen LogP contribution in [0, 0.1) is 23.2 Å². The molecule has 0 aliphatic carbocycles. The Bertz CT molecular complexity index is 1980. The van der Waals surface area contributed by atoms with Gasteiger partial charge in [-0.25, -0.2) is 9.08 Å². The summed E-state index contributed by atoms with van der Waals surface area (Å²) in [4.78, 5) is 51.1. The minimum Gasteiger partial charge on any atom is -0.468 e. The van der Waals surface area contributed by atoms with Gasteiger partial charge in [0.25, 0.3) is 0 Å². The zero-order valence-electron chi connectivity index (χ0n) is 32.5. The van der Waals surface area contributed by atoms with Gasteiger partial charge in [-0.3, -0.25) is 23.7 Å². The lowest BCUT2D eigenvalue weighted by molar-refractivity contribution is -0.173. The molecule has 1 aliphatic heterocycles. The van der Waals surface area contributed by atoms with Gasteiger partial charge >= 0.3 is 31.6 Å². The van der Waals surface area contributed by atoms with Crippen molar-refractivity contribution < 1.29 is 56.5 Å². The molecule has 0 unspecified atom stereocenters. The number of ether oxygens (including phenoxy) is 5. The number of nitrogens with zero attached hydrogens (tertiary/aromatic N) is 3. The highest BCUT2D eigenvalue weighted by Crippen LogP contribution is 2.50. The molecular weight excluding hydrogens is 751 g/mol. The number of esters is 4. The first-order chi connectivity index (χ1) is 26.3. The monoisotopic (exact) mass is 800 g/mol. The molecule has 0 radical (unpaired) electrons. The van der Waals surface area contributed by atoms with Crippen molar-refractivity contribution in [3.8, 4) is 11.8 Å². The van der Waals surface area contributed by atoms with Gasteiger partial charge in [0.05, 0.1) is 41.9 Å². The molecule has 7 atom stereocenters. The molecule has 5 N–H and O–H groups in total. The summed E-state index contributed by atoms with van der Waals surface area (Å²) in [5.74, 6) is -4.20. The molecule has 0 spiro atoms. The number of nitrogens with one attached hydrogen (secondary N) is 1. The lowest BCUT2D eigenvalue weighted by atomic mass is 9.95. The van der Waals surface area contributed by atoms with Crippen LogP contribution in [0.5, 0.6) is 5.75 Å². The molecule has 19 heteroatoms. The summed E-state index contributed by atoms with van der Waals surface area (Å²) < 4.78 is 55.9. The maximum atomic E-state index is 14.6. The predicted molar refractivity (Wildman–Crippen MR) is 199 cm³/mol. The topological polar surface area (TPSA) is 255 Å². The summed E-state index contributed by atoms with van der Waals surface area (Å²) >= 11 is 0. The van der Waals surface area contributed by atoms with E-state index in [4.69, 9.17) is 44.2 Å². The maximum Gasteiger partial charge on any atom is 0.459 e. The molecule has 3 heterocycles. The zero-order chi connectivity index (χ0) is 41.5. The number of nitrogen functional groups attached to an aromatic ring is 1. The van der Waals surface area contributed by atoms with Crippen LogP contribution < -0.4 is 21.1 Å². The number of rotatable bonds is 17. The van der Waals surface area contributed by atoms with E-state index in [-0.39, 0.29) is 24.0 Å². The van der Waals surface area contributed by atoms with Crippen LogP contribution in [0.25, 0.3) is 5.52 Å². The van der Waals surface area contributed by atoms with Crippen LogP contribution in [0.3, 0.4) is 0 Å². The molecule has 304 valence electrons. The molecule has 56 heavy (non-hydrogen) atoms. The Hall–Kier alpha value is -5.05. The fourth-order valence-electron chi connectivity index (χ4n) is 5.56. The molecule has 18 nitrogen and oxygen atoms in total. The highest BCUT2D eigenvalue weighted by Gasteiger charge is 2.62. The molecule has 0 amide bonds. The van der Waals surface area contributed by atoms with Crippen molar-refractivity contribution in [2.24, 2.45) is 17.6 Å². The zero-order valence-corrected chi connectivity index (χ0v) is 33.4. The van der Waals surface area contributed by atoms with E-state index in [1.54, 1.807) is 71.9 Å². The van der Waals surface area contributed by atoms with Crippen LogP contribution in [0.4, 0.5) is 5.69 Å². The minimum absolute atomic E-state index is 0.00829. The van der Waals surface area contributed by atoms with E-state index >= 15 is 0 Å². The van der Waals surface area contributed by atoms with E-state index in [1.807, 2.05) is 6.07 Å². The first-order valence-corrected chi connectivity index (χ1v) is 19.4. The van der Waals surface area contributed by atoms with Gasteiger partial charge in [-0.15, -0.1) is 0 Å². The highest BCUT2D eigenvalue weighted by molar-refractivity contribution is 7.52. The summed E-state index contributed by atoms with van der Waals surface area (Å²) in [7, 11) is -3.55. The molecule has 0 bridgehead atoms. The van der Waals surface area contributed by atoms with Crippen molar-refractivity contribution in [3.05, 3.63) is 59.9 Å². The fourth-order valence-corrected chi connectivity index (χ4v) is 7.08. The Morgan fingerprint density at radius 2 is 1.61 bits per heavy atom. The fraction of sp³-hybridized carbons (Fsp3) is 0.514. The third-order valence-corrected chi connectivity index (χ3v) is 10.2. The van der Waals surface area contributed by atoms with Gasteiger partial charge in [0.1, 0.15) is 36.6 Å². The number of hydrogen-bond acceptors (Lipinski definition) is 16. The number of methoxy groups -OCH3 is 1. The Kier molecular flexibility index (Phi) is 14.2. The van der Waals surface area contributed by atoms with Gasteiger partial charge in [-0.05, 0) is 63.1 Å². The molecule has 1 fully saturated rings. The highest BCUT2D eigenvalue weighted by atomic mass is 31.2. The average Bonchev–Trinajstić information content (AvgIpc) is 3.70. The van der Waals surface area contributed by atoms with Gasteiger partial charge in [0.15, 0.2) is 12.2 Å². The Balaban J connectivity index is 1.74. The smallest absolute Gasteiger partial charge is 0.459 e. The van der Waals surface area contributed by atoms with E-state index in [1.165, 1.54) is 29.8 Å². The van der Waals surface area contributed by atoms with Crippen molar-refractivity contribution in [2.75, 3.05) is 19.5 Å². The third-order valence-electron chi connectivity index (χ3n) is 8.54. The van der Waals surface area contributed by atoms with Crippen LogP contribution in [0.15, 0.2) is 48.7 Å². The number of carbonyl (C=O) groups is 4. The first-order valence-electron chi connectivity index (χ1n) is 17.9. The Morgan fingerprint density at radius 1 is 0.964 bits per heavy atom. The van der Waals surface area contributed by atoms with Crippen LogP contribution in [0.1, 0.15) is 65.8 Å². The molecule has 1 aliphatic rings. The van der Waals surface area contributed by atoms with Crippen molar-refractivity contribution >= 4 is 42.8 Å². The normalized spacial score (nSPS) is 21.6. The number of nitrogens with two attached hydrogens (primary N) is 2. The van der Waals surface area contributed by atoms with Crippen molar-refractivity contribution in [3.63, 3.8) is 0 Å². The van der Waals surface area contributed by atoms with E-state index in [9.17, 15) is 29.0 Å². The van der Waals surface area contributed by atoms with Gasteiger partial charge in [0.2, 0.25) is 5.60 Å². The molecule has 4 rings (SSSR count). The van der Waals surface area contributed by atoms with Crippen LogP contribution in [-0.4, -0.2) is 83.2 Å². The van der Waals surface area contributed by atoms with E-state index < -0.39 is 86.1 Å². The molecule has 0 saturated carbocycles. The number of hydrogen-bond donors (Lipinski definition) is 3. The average molecular weight is 801 g/mol. The number of nitriles is 1. The number of aromatic nitrogens is 2. The third kappa shape index (κ3) is 10.2. The van der Waals surface area contributed by atoms with Crippen molar-refractivity contribution in [1.29, 1.82) is 5.26 Å². The van der Waals surface area contributed by atoms with E-state index in [0.29, 0.717) is 16.8 Å². The number of benzene rings is 1. The van der Waals surface area contributed by atoms with Crippen LogP contribution in [-0.2, 0) is 58.4 Å². The second-order valence-corrected chi connectivity index (χ2v) is 15.8. The summed E-state index contributed by atoms with van der Waals surface area (Å²) in [6.07, 6.45) is -3.19.